The second-order valence-electron chi connectivity index (χ2n) is 6.66. The zero-order valence-electron chi connectivity index (χ0n) is 14.2. The molecule has 0 aliphatic rings. The van der Waals surface area contributed by atoms with Gasteiger partial charge in [0.15, 0.2) is 0 Å². The van der Waals surface area contributed by atoms with Gasteiger partial charge in [-0.15, -0.1) is 0 Å². The number of hydrogen-bond acceptors (Lipinski definition) is 0. The molecule has 2 unspecified atom stereocenters. The standard InChI is InChI=1S/C18H37/c1-8-12-14-17(6,10-3)16(5)18(7,11-4)15-13-9-2/h8-15H2,1-7H3. The summed E-state index contributed by atoms with van der Waals surface area (Å²) in [6.45, 7) is 16.8. The van der Waals surface area contributed by atoms with Crippen molar-refractivity contribution in [3.63, 3.8) is 0 Å². The summed E-state index contributed by atoms with van der Waals surface area (Å²) in [6.07, 6.45) is 10.7. The van der Waals surface area contributed by atoms with E-state index >= 15 is 0 Å². The quantitative estimate of drug-likeness (QED) is 0.402. The third-order valence-electron chi connectivity index (χ3n) is 5.54. The molecule has 0 saturated heterocycles. The van der Waals surface area contributed by atoms with Crippen LogP contribution in [0.15, 0.2) is 0 Å². The monoisotopic (exact) mass is 253 g/mol. The van der Waals surface area contributed by atoms with E-state index in [0.717, 1.165) is 0 Å². The summed E-state index contributed by atoms with van der Waals surface area (Å²) in [4.78, 5) is 0. The zero-order chi connectivity index (χ0) is 14.2. The molecule has 0 nitrogen and oxygen atoms in total. The number of rotatable bonds is 10. The first-order chi connectivity index (χ1) is 8.40. The molecule has 0 heterocycles. The molecule has 0 heteroatoms. The van der Waals surface area contributed by atoms with Crippen molar-refractivity contribution < 1.29 is 0 Å². The molecular formula is C18H37. The Hall–Kier alpha value is 0. The van der Waals surface area contributed by atoms with Crippen molar-refractivity contribution in [1.29, 1.82) is 0 Å². The molecule has 109 valence electrons. The second-order valence-corrected chi connectivity index (χ2v) is 6.66. The van der Waals surface area contributed by atoms with Gasteiger partial charge in [-0.1, -0.05) is 87.0 Å². The fourth-order valence-electron chi connectivity index (χ4n) is 3.12. The Bertz CT molecular complexity index is 186. The normalized spacial score (nSPS) is 18.7. The van der Waals surface area contributed by atoms with Gasteiger partial charge in [-0.3, -0.25) is 0 Å². The van der Waals surface area contributed by atoms with Crippen LogP contribution in [0, 0.1) is 16.7 Å². The predicted molar refractivity (Wildman–Crippen MR) is 84.8 cm³/mol. The lowest BCUT2D eigenvalue weighted by atomic mass is 9.59. The van der Waals surface area contributed by atoms with Gasteiger partial charge in [0.25, 0.3) is 0 Å². The van der Waals surface area contributed by atoms with E-state index in [9.17, 15) is 0 Å². The molecule has 0 aliphatic carbocycles. The van der Waals surface area contributed by atoms with E-state index in [0.29, 0.717) is 10.8 Å². The van der Waals surface area contributed by atoms with Gasteiger partial charge in [0.1, 0.15) is 0 Å². The summed E-state index contributed by atoms with van der Waals surface area (Å²) in [5.74, 6) is 1.77. The minimum Gasteiger partial charge on any atom is -0.0654 e. The molecule has 2 atom stereocenters. The molecule has 0 N–H and O–H groups in total. The van der Waals surface area contributed by atoms with Gasteiger partial charge in [-0.05, 0) is 29.6 Å². The first-order valence-electron chi connectivity index (χ1n) is 8.24. The summed E-state index contributed by atoms with van der Waals surface area (Å²) in [6, 6.07) is 0. The van der Waals surface area contributed by atoms with Crippen LogP contribution >= 0.6 is 0 Å². The zero-order valence-corrected chi connectivity index (χ0v) is 14.2. The van der Waals surface area contributed by atoms with Crippen molar-refractivity contribution >= 4 is 0 Å². The van der Waals surface area contributed by atoms with E-state index in [2.05, 4.69) is 48.5 Å². The van der Waals surface area contributed by atoms with Crippen molar-refractivity contribution in [1.82, 2.24) is 0 Å². The van der Waals surface area contributed by atoms with Crippen LogP contribution in [0.2, 0.25) is 0 Å². The molecule has 18 heavy (non-hydrogen) atoms. The molecule has 1 radical (unpaired) electrons. The molecule has 0 aromatic heterocycles. The largest absolute Gasteiger partial charge is 0.0654 e. The van der Waals surface area contributed by atoms with Gasteiger partial charge < -0.3 is 0 Å². The van der Waals surface area contributed by atoms with Crippen LogP contribution in [0.4, 0.5) is 0 Å². The van der Waals surface area contributed by atoms with Crippen LogP contribution in [0.3, 0.4) is 0 Å². The maximum atomic E-state index is 2.50. The van der Waals surface area contributed by atoms with Gasteiger partial charge >= 0.3 is 0 Å². The summed E-state index contributed by atoms with van der Waals surface area (Å²) < 4.78 is 0. The molecular weight excluding hydrogens is 216 g/mol. The molecule has 0 aromatic carbocycles. The van der Waals surface area contributed by atoms with Crippen molar-refractivity contribution in [3.8, 4) is 0 Å². The van der Waals surface area contributed by atoms with E-state index in [1.165, 1.54) is 51.4 Å². The molecule has 0 amide bonds. The molecule has 0 fully saturated rings. The maximum Gasteiger partial charge on any atom is -0.0154 e. The maximum absolute atomic E-state index is 2.50. The van der Waals surface area contributed by atoms with Crippen LogP contribution in [-0.2, 0) is 0 Å². The average Bonchev–Trinajstić information content (AvgIpc) is 2.41. The lowest BCUT2D eigenvalue weighted by molar-refractivity contribution is 0.168. The molecule has 0 saturated carbocycles. The lowest BCUT2D eigenvalue weighted by Gasteiger charge is -2.46. The number of hydrogen-bond donors (Lipinski definition) is 0. The van der Waals surface area contributed by atoms with Gasteiger partial charge in [-0.25, -0.2) is 0 Å². The fraction of sp³-hybridized carbons (Fsp3) is 0.944. The SMILES string of the molecule is CCCCC(C)(CC)[C](C)C(C)(CC)CCCC. The summed E-state index contributed by atoms with van der Waals surface area (Å²) in [7, 11) is 0. The first kappa shape index (κ1) is 18.0. The Morgan fingerprint density at radius 1 is 0.722 bits per heavy atom. The van der Waals surface area contributed by atoms with Crippen LogP contribution in [0.1, 0.15) is 99.8 Å². The molecule has 0 rings (SSSR count). The average molecular weight is 253 g/mol. The molecule has 0 spiro atoms. The highest BCUT2D eigenvalue weighted by atomic mass is 14.4. The summed E-state index contributed by atoms with van der Waals surface area (Å²) >= 11 is 0. The highest BCUT2D eigenvalue weighted by molar-refractivity contribution is 5.11. The van der Waals surface area contributed by atoms with Crippen molar-refractivity contribution in [2.75, 3.05) is 0 Å². The Morgan fingerprint density at radius 3 is 1.28 bits per heavy atom. The summed E-state index contributed by atoms with van der Waals surface area (Å²) in [5.41, 5.74) is 0.906. The van der Waals surface area contributed by atoms with E-state index < -0.39 is 0 Å². The first-order valence-corrected chi connectivity index (χ1v) is 8.24. The minimum absolute atomic E-state index is 0.453. The van der Waals surface area contributed by atoms with E-state index in [-0.39, 0.29) is 0 Å². The van der Waals surface area contributed by atoms with Crippen LogP contribution < -0.4 is 0 Å². The van der Waals surface area contributed by atoms with E-state index in [1.807, 2.05) is 0 Å². The Balaban J connectivity index is 4.84. The topological polar surface area (TPSA) is 0 Å². The number of unbranched alkanes of at least 4 members (excludes halogenated alkanes) is 2. The second kappa shape index (κ2) is 8.23. The van der Waals surface area contributed by atoms with Crippen LogP contribution in [0.5, 0.6) is 0 Å². The highest BCUT2D eigenvalue weighted by Gasteiger charge is 2.40. The van der Waals surface area contributed by atoms with Gasteiger partial charge in [0, 0.05) is 0 Å². The molecule has 0 aromatic rings. The smallest absolute Gasteiger partial charge is 0.0154 e. The van der Waals surface area contributed by atoms with Crippen molar-refractivity contribution in [2.24, 2.45) is 10.8 Å². The van der Waals surface area contributed by atoms with Crippen LogP contribution in [-0.4, -0.2) is 0 Å². The third-order valence-corrected chi connectivity index (χ3v) is 5.54. The highest BCUT2D eigenvalue weighted by Crippen LogP contribution is 2.51. The fourth-order valence-corrected chi connectivity index (χ4v) is 3.12. The Morgan fingerprint density at radius 2 is 1.06 bits per heavy atom. The molecule has 0 bridgehead atoms. The minimum atomic E-state index is 0.453. The van der Waals surface area contributed by atoms with Gasteiger partial charge in [-0.2, -0.15) is 0 Å². The summed E-state index contributed by atoms with van der Waals surface area (Å²) in [5, 5.41) is 0. The van der Waals surface area contributed by atoms with Gasteiger partial charge in [0.05, 0.1) is 0 Å². The van der Waals surface area contributed by atoms with Crippen molar-refractivity contribution in [2.45, 2.75) is 99.8 Å². The predicted octanol–water partition coefficient (Wildman–Crippen LogP) is 6.79. The van der Waals surface area contributed by atoms with Crippen molar-refractivity contribution in [3.05, 3.63) is 5.92 Å². The van der Waals surface area contributed by atoms with Gasteiger partial charge in [0.2, 0.25) is 0 Å². The van der Waals surface area contributed by atoms with E-state index in [4.69, 9.17) is 0 Å². The van der Waals surface area contributed by atoms with Crippen LogP contribution in [0.25, 0.3) is 0 Å². The van der Waals surface area contributed by atoms with E-state index in [1.54, 1.807) is 5.92 Å². The molecule has 0 aliphatic heterocycles. The lowest BCUT2D eigenvalue weighted by Crippen LogP contribution is -2.35. The third kappa shape index (κ3) is 4.59. The Labute approximate surface area is 117 Å². The Kier molecular flexibility index (Phi) is 8.23.